The fourth-order valence-corrected chi connectivity index (χ4v) is 1.47. The van der Waals surface area contributed by atoms with Crippen molar-refractivity contribution in [1.29, 1.82) is 0 Å². The minimum absolute atomic E-state index is 0.593. The highest BCUT2D eigenvalue weighted by Gasteiger charge is 2.15. The van der Waals surface area contributed by atoms with E-state index in [4.69, 9.17) is 0 Å². The van der Waals surface area contributed by atoms with E-state index in [9.17, 15) is 0 Å². The zero-order valence-corrected chi connectivity index (χ0v) is 9.23. The molecule has 0 bridgehead atoms. The van der Waals surface area contributed by atoms with Crippen LogP contribution in [0.4, 0.5) is 0 Å². The number of hydrogen-bond donors (Lipinski definition) is 2. The Hall–Kier alpha value is 0.650. The first kappa shape index (κ1) is 9.74. The van der Waals surface area contributed by atoms with Gasteiger partial charge >= 0.3 is 0 Å². The molecule has 11 heavy (non-hydrogen) atoms. The maximum Gasteiger partial charge on any atom is 0.0565 e. The average Bonchev–Trinajstić information content (AvgIpc) is 1.82. The monoisotopic (exact) mass is 268 g/mol. The van der Waals surface area contributed by atoms with E-state index in [0.29, 0.717) is 4.05 Å². The summed E-state index contributed by atoms with van der Waals surface area (Å²) in [6, 6.07) is 0.835. The minimum Gasteiger partial charge on any atom is -0.313 e. The lowest BCUT2D eigenvalue weighted by Crippen LogP contribution is -2.39. The van der Waals surface area contributed by atoms with Crippen molar-refractivity contribution in [3.63, 3.8) is 0 Å². The smallest absolute Gasteiger partial charge is 0.0565 e. The van der Waals surface area contributed by atoms with E-state index < -0.39 is 0 Å². The summed E-state index contributed by atoms with van der Waals surface area (Å²) in [7, 11) is 0. The number of nitrogens with one attached hydrogen (secondary N) is 2. The fourth-order valence-electron chi connectivity index (χ4n) is 1.16. The molecule has 66 valence electrons. The van der Waals surface area contributed by atoms with Crippen molar-refractivity contribution in [2.45, 2.75) is 36.3 Å². The molecule has 0 aromatic heterocycles. The second kappa shape index (κ2) is 5.32. The standard InChI is InChI=1S/C8H17IN2/c1-7(9)10-5-6-11-8-3-2-4-8/h7-8,10-11H,2-6H2,1H3. The molecule has 0 aromatic rings. The molecule has 2 nitrogen and oxygen atoms in total. The molecule has 0 aliphatic heterocycles. The van der Waals surface area contributed by atoms with Gasteiger partial charge in [-0.15, -0.1) is 0 Å². The molecule has 0 amide bonds. The van der Waals surface area contributed by atoms with Crippen molar-refractivity contribution in [3.8, 4) is 0 Å². The van der Waals surface area contributed by atoms with Crippen molar-refractivity contribution in [2.75, 3.05) is 13.1 Å². The van der Waals surface area contributed by atoms with Gasteiger partial charge in [0.05, 0.1) is 4.05 Å². The summed E-state index contributed by atoms with van der Waals surface area (Å²) in [5.74, 6) is 0. The third-order valence-corrected chi connectivity index (χ3v) is 2.53. The topological polar surface area (TPSA) is 24.1 Å². The maximum atomic E-state index is 3.51. The lowest BCUT2D eigenvalue weighted by atomic mass is 9.93. The summed E-state index contributed by atoms with van der Waals surface area (Å²) in [5.41, 5.74) is 0. The third kappa shape index (κ3) is 4.28. The summed E-state index contributed by atoms with van der Waals surface area (Å²) in [6.07, 6.45) is 4.20. The van der Waals surface area contributed by atoms with Gasteiger partial charge in [-0.3, -0.25) is 0 Å². The van der Waals surface area contributed by atoms with Gasteiger partial charge in [0.25, 0.3) is 0 Å². The number of alkyl halides is 1. The Morgan fingerprint density at radius 2 is 2.18 bits per heavy atom. The van der Waals surface area contributed by atoms with E-state index in [-0.39, 0.29) is 0 Å². The van der Waals surface area contributed by atoms with E-state index in [0.717, 1.165) is 19.1 Å². The van der Waals surface area contributed by atoms with Gasteiger partial charge < -0.3 is 10.6 Å². The Labute approximate surface area is 82.6 Å². The predicted octanol–water partition coefficient (Wildman–Crippen LogP) is 1.50. The van der Waals surface area contributed by atoms with Crippen LogP contribution in [0.5, 0.6) is 0 Å². The summed E-state index contributed by atoms with van der Waals surface area (Å²) >= 11 is 2.38. The summed E-state index contributed by atoms with van der Waals surface area (Å²) < 4.78 is 0.593. The van der Waals surface area contributed by atoms with Crippen LogP contribution in [-0.4, -0.2) is 23.2 Å². The SMILES string of the molecule is CC(I)NCCNC1CCC1. The van der Waals surface area contributed by atoms with Crippen LogP contribution in [0.3, 0.4) is 0 Å². The van der Waals surface area contributed by atoms with Gasteiger partial charge in [-0.2, -0.15) is 0 Å². The summed E-state index contributed by atoms with van der Waals surface area (Å²) in [5, 5.41) is 6.88. The average molecular weight is 268 g/mol. The molecule has 1 aliphatic carbocycles. The zero-order valence-electron chi connectivity index (χ0n) is 7.07. The van der Waals surface area contributed by atoms with Gasteiger partial charge in [-0.1, -0.05) is 29.0 Å². The maximum absolute atomic E-state index is 3.51. The van der Waals surface area contributed by atoms with Gasteiger partial charge in [0.15, 0.2) is 0 Å². The molecule has 1 rings (SSSR count). The Morgan fingerprint density at radius 1 is 1.45 bits per heavy atom. The molecule has 0 saturated heterocycles. The number of halogens is 1. The van der Waals surface area contributed by atoms with E-state index in [1.165, 1.54) is 19.3 Å². The van der Waals surface area contributed by atoms with E-state index in [1.807, 2.05) is 0 Å². The largest absolute Gasteiger partial charge is 0.313 e. The molecule has 1 atom stereocenters. The van der Waals surface area contributed by atoms with Crippen LogP contribution in [0.15, 0.2) is 0 Å². The van der Waals surface area contributed by atoms with Crippen LogP contribution < -0.4 is 10.6 Å². The predicted molar refractivity (Wildman–Crippen MR) is 57.1 cm³/mol. The number of hydrogen-bond acceptors (Lipinski definition) is 2. The van der Waals surface area contributed by atoms with E-state index in [2.05, 4.69) is 40.1 Å². The Morgan fingerprint density at radius 3 is 2.64 bits per heavy atom. The van der Waals surface area contributed by atoms with Gasteiger partial charge in [0.1, 0.15) is 0 Å². The molecule has 0 spiro atoms. The second-order valence-electron chi connectivity index (χ2n) is 3.15. The lowest BCUT2D eigenvalue weighted by molar-refractivity contribution is 0.340. The van der Waals surface area contributed by atoms with Gasteiger partial charge in [0.2, 0.25) is 0 Å². The molecule has 2 N–H and O–H groups in total. The highest BCUT2D eigenvalue weighted by atomic mass is 127. The van der Waals surface area contributed by atoms with Crippen LogP contribution >= 0.6 is 22.6 Å². The Kier molecular flexibility index (Phi) is 4.71. The zero-order chi connectivity index (χ0) is 8.10. The first-order valence-electron chi connectivity index (χ1n) is 4.40. The van der Waals surface area contributed by atoms with Crippen LogP contribution in [0.25, 0.3) is 0 Å². The normalized spacial score (nSPS) is 21.3. The van der Waals surface area contributed by atoms with Crippen LogP contribution in [0, 0.1) is 0 Å². The van der Waals surface area contributed by atoms with Crippen molar-refractivity contribution in [3.05, 3.63) is 0 Å². The molecular formula is C8H17IN2. The fraction of sp³-hybridized carbons (Fsp3) is 1.00. The third-order valence-electron chi connectivity index (χ3n) is 2.09. The highest BCUT2D eigenvalue weighted by Crippen LogP contribution is 2.17. The van der Waals surface area contributed by atoms with Gasteiger partial charge in [0, 0.05) is 19.1 Å². The molecular weight excluding hydrogens is 251 g/mol. The Bertz CT molecular complexity index is 102. The first-order valence-corrected chi connectivity index (χ1v) is 5.64. The van der Waals surface area contributed by atoms with Crippen LogP contribution in [0.2, 0.25) is 0 Å². The summed E-state index contributed by atoms with van der Waals surface area (Å²) in [6.45, 7) is 4.39. The molecule has 1 saturated carbocycles. The highest BCUT2D eigenvalue weighted by molar-refractivity contribution is 14.1. The van der Waals surface area contributed by atoms with Gasteiger partial charge in [-0.25, -0.2) is 0 Å². The number of rotatable bonds is 5. The molecule has 3 heteroatoms. The van der Waals surface area contributed by atoms with Crippen molar-refractivity contribution in [1.82, 2.24) is 10.6 Å². The van der Waals surface area contributed by atoms with E-state index in [1.54, 1.807) is 0 Å². The Balaban J connectivity index is 1.80. The first-order chi connectivity index (χ1) is 5.29. The molecule has 1 unspecified atom stereocenters. The molecule has 0 heterocycles. The summed E-state index contributed by atoms with van der Waals surface area (Å²) in [4.78, 5) is 0. The second-order valence-corrected chi connectivity index (χ2v) is 5.02. The quantitative estimate of drug-likeness (QED) is 0.342. The van der Waals surface area contributed by atoms with Crippen LogP contribution in [-0.2, 0) is 0 Å². The molecule has 1 aliphatic rings. The van der Waals surface area contributed by atoms with Crippen molar-refractivity contribution < 1.29 is 0 Å². The van der Waals surface area contributed by atoms with E-state index >= 15 is 0 Å². The lowest BCUT2D eigenvalue weighted by Gasteiger charge is -2.26. The van der Waals surface area contributed by atoms with Crippen LogP contribution in [0.1, 0.15) is 26.2 Å². The van der Waals surface area contributed by atoms with Crippen molar-refractivity contribution in [2.24, 2.45) is 0 Å². The van der Waals surface area contributed by atoms with Gasteiger partial charge in [-0.05, 0) is 19.8 Å². The molecule has 0 radical (unpaired) electrons. The minimum atomic E-state index is 0.593. The molecule has 1 fully saturated rings. The molecule has 0 aromatic carbocycles. The van der Waals surface area contributed by atoms with Crippen molar-refractivity contribution >= 4 is 22.6 Å².